The number of halogens is 1. The number of nitrogens with two attached hydrogens (primary N) is 1. The van der Waals surface area contributed by atoms with E-state index in [0.717, 1.165) is 30.8 Å². The minimum absolute atomic E-state index is 0.308. The highest BCUT2D eigenvalue weighted by Crippen LogP contribution is 2.13. The summed E-state index contributed by atoms with van der Waals surface area (Å²) >= 11 is 5.99. The topological polar surface area (TPSA) is 83.8 Å². The Hall–Kier alpha value is -1.07. The molecule has 0 radical (unpaired) electrons. The number of hydrogen-bond donors (Lipinski definition) is 3. The fraction of sp³-hybridized carbons (Fsp3) is 0.636. The molecule has 1 rings (SSSR count). The normalized spacial score (nSPS) is 10.7. The van der Waals surface area contributed by atoms with Gasteiger partial charge in [0.2, 0.25) is 5.91 Å². The number of nitrogens with one attached hydrogen (secondary N) is 2. The lowest BCUT2D eigenvalue weighted by Gasteiger charge is -2.01. The van der Waals surface area contributed by atoms with E-state index >= 15 is 0 Å². The summed E-state index contributed by atoms with van der Waals surface area (Å²) in [5.41, 5.74) is 5.90. The molecule has 0 unspecified atom stereocenters. The largest absolute Gasteiger partial charge is 0.370 e. The summed E-state index contributed by atoms with van der Waals surface area (Å²) in [6.07, 6.45) is 3.47. The molecule has 6 heteroatoms. The molecule has 5 nitrogen and oxygen atoms in total. The summed E-state index contributed by atoms with van der Waals surface area (Å²) in [5, 5.41) is 3.59. The third kappa shape index (κ3) is 5.19. The van der Waals surface area contributed by atoms with Crippen LogP contribution < -0.4 is 11.1 Å². The number of H-pyrrole nitrogens is 1. The van der Waals surface area contributed by atoms with E-state index in [9.17, 15) is 4.79 Å². The number of aryl methyl sites for hydroxylation is 1. The number of primary amides is 1. The second-order valence-electron chi connectivity index (χ2n) is 3.95. The molecule has 4 N–H and O–H groups in total. The molecule has 0 aliphatic rings. The predicted octanol–water partition coefficient (Wildman–Crippen LogP) is 1.37. The second-order valence-corrected chi connectivity index (χ2v) is 4.31. The van der Waals surface area contributed by atoms with Gasteiger partial charge in [-0.25, -0.2) is 4.98 Å². The number of hydrogen-bond acceptors (Lipinski definition) is 3. The van der Waals surface area contributed by atoms with Gasteiger partial charge in [0.25, 0.3) is 0 Å². The highest BCUT2D eigenvalue weighted by Gasteiger charge is 2.07. The number of amides is 1. The molecule has 0 aliphatic heterocycles. The maximum atomic E-state index is 10.5. The number of aromatic amines is 1. The zero-order valence-corrected chi connectivity index (χ0v) is 10.8. The summed E-state index contributed by atoms with van der Waals surface area (Å²) in [6.45, 7) is 3.26. The molecular weight excluding hydrogens is 240 g/mol. The van der Waals surface area contributed by atoms with Crippen molar-refractivity contribution in [1.82, 2.24) is 15.3 Å². The van der Waals surface area contributed by atoms with E-state index in [1.165, 1.54) is 0 Å². The Kier molecular flexibility index (Phi) is 6.00. The number of imidazole rings is 1. The van der Waals surface area contributed by atoms with E-state index in [1.54, 1.807) is 0 Å². The quantitative estimate of drug-likeness (QED) is 0.616. The standard InChI is InChI=1S/C11H19ClN4O/c1-2-3-4-10-15-8(11(12)16-10)7-14-6-5-9(13)17/h14H,2-7H2,1H3,(H2,13,17)(H,15,16). The third-order valence-corrected chi connectivity index (χ3v) is 2.71. The van der Waals surface area contributed by atoms with Crippen molar-refractivity contribution >= 4 is 17.5 Å². The first-order valence-corrected chi connectivity index (χ1v) is 6.23. The van der Waals surface area contributed by atoms with Crippen LogP contribution in [0.25, 0.3) is 0 Å². The van der Waals surface area contributed by atoms with E-state index in [1.807, 2.05) is 0 Å². The predicted molar refractivity (Wildman–Crippen MR) is 67.7 cm³/mol. The molecule has 1 aromatic rings. The SMILES string of the molecule is CCCCc1nc(Cl)c(CNCCC(N)=O)[nH]1. The van der Waals surface area contributed by atoms with Crippen molar-refractivity contribution in [1.29, 1.82) is 0 Å². The molecule has 0 saturated carbocycles. The van der Waals surface area contributed by atoms with Gasteiger partial charge in [-0.15, -0.1) is 0 Å². The minimum Gasteiger partial charge on any atom is -0.370 e. The average Bonchev–Trinajstić information content (AvgIpc) is 2.62. The molecule has 96 valence electrons. The van der Waals surface area contributed by atoms with Crippen LogP contribution in [0.2, 0.25) is 5.15 Å². The molecule has 0 atom stereocenters. The maximum absolute atomic E-state index is 10.5. The molecule has 1 heterocycles. The summed E-state index contributed by atoms with van der Waals surface area (Å²) < 4.78 is 0. The Labute approximate surface area is 106 Å². The fourth-order valence-corrected chi connectivity index (χ4v) is 1.66. The van der Waals surface area contributed by atoms with Gasteiger partial charge in [0.15, 0.2) is 5.15 Å². The highest BCUT2D eigenvalue weighted by atomic mass is 35.5. The van der Waals surface area contributed by atoms with Gasteiger partial charge in [0, 0.05) is 25.9 Å². The van der Waals surface area contributed by atoms with Crippen LogP contribution in [0.3, 0.4) is 0 Å². The summed E-state index contributed by atoms with van der Waals surface area (Å²) in [7, 11) is 0. The molecule has 0 aliphatic carbocycles. The molecule has 17 heavy (non-hydrogen) atoms. The molecular formula is C11H19ClN4O. The van der Waals surface area contributed by atoms with Gasteiger partial charge in [-0.05, 0) is 6.42 Å². The Morgan fingerprint density at radius 2 is 2.35 bits per heavy atom. The first-order chi connectivity index (χ1) is 8.13. The van der Waals surface area contributed by atoms with Gasteiger partial charge >= 0.3 is 0 Å². The Morgan fingerprint density at radius 3 is 3.00 bits per heavy atom. The van der Waals surface area contributed by atoms with Crippen LogP contribution in [0.4, 0.5) is 0 Å². The van der Waals surface area contributed by atoms with Crippen molar-refractivity contribution in [2.24, 2.45) is 5.73 Å². The van der Waals surface area contributed by atoms with Crippen LogP contribution in [-0.4, -0.2) is 22.4 Å². The molecule has 1 aromatic heterocycles. The minimum atomic E-state index is -0.308. The van der Waals surface area contributed by atoms with Crippen molar-refractivity contribution in [3.8, 4) is 0 Å². The van der Waals surface area contributed by atoms with Gasteiger partial charge in [-0.3, -0.25) is 4.79 Å². The number of carbonyl (C=O) groups is 1. The summed E-state index contributed by atoms with van der Waals surface area (Å²) in [4.78, 5) is 18.0. The Balaban J connectivity index is 2.37. The lowest BCUT2D eigenvalue weighted by atomic mass is 10.2. The van der Waals surface area contributed by atoms with Gasteiger partial charge in [0.1, 0.15) is 5.82 Å². The third-order valence-electron chi connectivity index (χ3n) is 2.39. The van der Waals surface area contributed by atoms with Crippen LogP contribution >= 0.6 is 11.6 Å². The molecule has 0 fully saturated rings. The van der Waals surface area contributed by atoms with Crippen LogP contribution in [0.5, 0.6) is 0 Å². The number of aromatic nitrogens is 2. The van der Waals surface area contributed by atoms with Gasteiger partial charge in [0.05, 0.1) is 5.69 Å². The summed E-state index contributed by atoms with van der Waals surface area (Å²) in [5.74, 6) is 0.611. The summed E-state index contributed by atoms with van der Waals surface area (Å²) in [6, 6.07) is 0. The monoisotopic (exact) mass is 258 g/mol. The van der Waals surface area contributed by atoms with Crippen molar-refractivity contribution in [3.63, 3.8) is 0 Å². The molecule has 0 saturated heterocycles. The zero-order chi connectivity index (χ0) is 12.7. The van der Waals surface area contributed by atoms with E-state index in [4.69, 9.17) is 17.3 Å². The lowest BCUT2D eigenvalue weighted by Crippen LogP contribution is -2.21. The smallest absolute Gasteiger partial charge is 0.218 e. The number of rotatable bonds is 8. The van der Waals surface area contributed by atoms with Crippen molar-refractivity contribution in [2.75, 3.05) is 6.54 Å². The van der Waals surface area contributed by atoms with Crippen molar-refractivity contribution in [3.05, 3.63) is 16.7 Å². The van der Waals surface area contributed by atoms with Gasteiger partial charge in [-0.1, -0.05) is 24.9 Å². The van der Waals surface area contributed by atoms with E-state index in [2.05, 4.69) is 22.2 Å². The number of nitrogens with zero attached hydrogens (tertiary/aromatic N) is 1. The van der Waals surface area contributed by atoms with Gasteiger partial charge < -0.3 is 16.0 Å². The van der Waals surface area contributed by atoms with Crippen LogP contribution in [0.1, 0.15) is 37.7 Å². The van der Waals surface area contributed by atoms with Crippen molar-refractivity contribution < 1.29 is 4.79 Å². The lowest BCUT2D eigenvalue weighted by molar-refractivity contribution is -0.117. The first-order valence-electron chi connectivity index (χ1n) is 5.85. The molecule has 0 bridgehead atoms. The zero-order valence-electron chi connectivity index (χ0n) is 10.1. The average molecular weight is 259 g/mol. The molecule has 0 aromatic carbocycles. The van der Waals surface area contributed by atoms with Crippen LogP contribution in [0, 0.1) is 0 Å². The second kappa shape index (κ2) is 7.29. The van der Waals surface area contributed by atoms with E-state index in [-0.39, 0.29) is 5.91 Å². The van der Waals surface area contributed by atoms with Crippen LogP contribution in [-0.2, 0) is 17.8 Å². The highest BCUT2D eigenvalue weighted by molar-refractivity contribution is 6.30. The van der Waals surface area contributed by atoms with Gasteiger partial charge in [-0.2, -0.15) is 0 Å². The maximum Gasteiger partial charge on any atom is 0.218 e. The number of unbranched alkanes of at least 4 members (excludes halogenated alkanes) is 1. The van der Waals surface area contributed by atoms with E-state index < -0.39 is 0 Å². The molecule has 1 amide bonds. The number of carbonyl (C=O) groups excluding carboxylic acids is 1. The fourth-order valence-electron chi connectivity index (χ4n) is 1.44. The first kappa shape index (κ1) is 14.0. The van der Waals surface area contributed by atoms with Crippen LogP contribution in [0.15, 0.2) is 0 Å². The Morgan fingerprint density at radius 1 is 1.59 bits per heavy atom. The Bertz CT molecular complexity index is 364. The van der Waals surface area contributed by atoms with Crippen molar-refractivity contribution in [2.45, 2.75) is 39.2 Å². The van der Waals surface area contributed by atoms with E-state index in [0.29, 0.717) is 24.7 Å². The molecule has 0 spiro atoms.